The van der Waals surface area contributed by atoms with Gasteiger partial charge in [-0.15, -0.1) is 0 Å². The predicted molar refractivity (Wildman–Crippen MR) is 74.7 cm³/mol. The van der Waals surface area contributed by atoms with Crippen molar-refractivity contribution >= 4 is 40.9 Å². The number of para-hydroxylation sites is 1. The van der Waals surface area contributed by atoms with E-state index in [0.29, 0.717) is 15.7 Å². The van der Waals surface area contributed by atoms with Crippen LogP contribution in [0.1, 0.15) is 6.92 Å². The Kier molecular flexibility index (Phi) is 5.92. The Morgan fingerprint density at radius 1 is 1.32 bits per heavy atom. The van der Waals surface area contributed by atoms with Crippen LogP contribution in [0.25, 0.3) is 0 Å². The lowest BCUT2D eigenvalue weighted by molar-refractivity contribution is -0.116. The second-order valence-electron chi connectivity index (χ2n) is 3.70. The molecule has 5 nitrogen and oxygen atoms in total. The van der Waals surface area contributed by atoms with Crippen LogP contribution in [0.2, 0.25) is 10.0 Å². The van der Waals surface area contributed by atoms with E-state index in [9.17, 15) is 9.59 Å². The average Bonchev–Trinajstić information content (AvgIpc) is 2.34. The molecule has 1 aromatic rings. The highest BCUT2D eigenvalue weighted by Crippen LogP contribution is 2.29. The summed E-state index contributed by atoms with van der Waals surface area (Å²) in [6.07, 6.45) is -0.567. The van der Waals surface area contributed by atoms with Crippen LogP contribution in [0.3, 0.4) is 0 Å². The molecule has 0 aromatic heterocycles. The summed E-state index contributed by atoms with van der Waals surface area (Å²) in [5.41, 5.74) is 0.327. The molecule has 0 bridgehead atoms. The van der Waals surface area contributed by atoms with Crippen LogP contribution in [-0.4, -0.2) is 37.1 Å². The zero-order chi connectivity index (χ0) is 14.4. The number of hydrogen-bond acceptors (Lipinski definition) is 3. The molecule has 0 aliphatic heterocycles. The molecule has 0 saturated heterocycles. The van der Waals surface area contributed by atoms with Gasteiger partial charge in [-0.3, -0.25) is 4.79 Å². The molecule has 7 heteroatoms. The number of amides is 2. The van der Waals surface area contributed by atoms with Crippen LogP contribution in [-0.2, 0) is 9.53 Å². The average molecular weight is 305 g/mol. The zero-order valence-electron chi connectivity index (χ0n) is 10.6. The minimum atomic E-state index is -0.567. The van der Waals surface area contributed by atoms with E-state index in [0.717, 1.165) is 4.90 Å². The van der Waals surface area contributed by atoms with Crippen LogP contribution in [0, 0.1) is 0 Å². The summed E-state index contributed by atoms with van der Waals surface area (Å²) in [5, 5.41) is 3.22. The number of ether oxygens (including phenoxy) is 1. The Morgan fingerprint density at radius 2 is 1.89 bits per heavy atom. The fourth-order valence-electron chi connectivity index (χ4n) is 1.31. The van der Waals surface area contributed by atoms with Crippen molar-refractivity contribution in [2.24, 2.45) is 0 Å². The van der Waals surface area contributed by atoms with Crippen molar-refractivity contribution < 1.29 is 14.3 Å². The first kappa shape index (κ1) is 15.6. The first-order valence-corrected chi connectivity index (χ1v) is 6.33. The fourth-order valence-corrected chi connectivity index (χ4v) is 1.80. The Bertz CT molecular complexity index is 460. The summed E-state index contributed by atoms with van der Waals surface area (Å²) in [7, 11) is 1.46. The van der Waals surface area contributed by atoms with Crippen LogP contribution < -0.4 is 5.32 Å². The smallest absolute Gasteiger partial charge is 0.409 e. The molecule has 0 radical (unpaired) electrons. The Balaban J connectivity index is 2.63. The SMILES string of the molecule is CCOC(=O)N(C)CC(=O)Nc1c(Cl)cccc1Cl. The largest absolute Gasteiger partial charge is 0.450 e. The van der Waals surface area contributed by atoms with Gasteiger partial charge >= 0.3 is 6.09 Å². The van der Waals surface area contributed by atoms with Crippen molar-refractivity contribution in [3.05, 3.63) is 28.2 Å². The maximum Gasteiger partial charge on any atom is 0.409 e. The molecule has 0 fully saturated rings. The van der Waals surface area contributed by atoms with Gasteiger partial charge < -0.3 is 15.0 Å². The van der Waals surface area contributed by atoms with Gasteiger partial charge in [0.2, 0.25) is 5.91 Å². The number of anilines is 1. The first-order valence-electron chi connectivity index (χ1n) is 5.57. The molecular formula is C12H14Cl2N2O3. The number of carbonyl (C=O) groups excluding carboxylic acids is 2. The maximum atomic E-state index is 11.8. The van der Waals surface area contributed by atoms with Gasteiger partial charge in [0.15, 0.2) is 0 Å². The minimum absolute atomic E-state index is 0.152. The zero-order valence-corrected chi connectivity index (χ0v) is 12.1. The summed E-state index contributed by atoms with van der Waals surface area (Å²) in [6, 6.07) is 4.89. The third-order valence-electron chi connectivity index (χ3n) is 2.19. The van der Waals surface area contributed by atoms with Gasteiger partial charge in [0.25, 0.3) is 0 Å². The van der Waals surface area contributed by atoms with Gasteiger partial charge in [-0.25, -0.2) is 4.79 Å². The van der Waals surface area contributed by atoms with Crippen molar-refractivity contribution in [1.29, 1.82) is 0 Å². The van der Waals surface area contributed by atoms with Crippen molar-refractivity contribution in [3.8, 4) is 0 Å². The Labute approximate surface area is 121 Å². The molecule has 0 spiro atoms. The number of carbonyl (C=O) groups is 2. The van der Waals surface area contributed by atoms with Crippen LogP contribution in [0.4, 0.5) is 10.5 Å². The quantitative estimate of drug-likeness (QED) is 0.930. The number of halogens is 2. The highest BCUT2D eigenvalue weighted by molar-refractivity contribution is 6.39. The van der Waals surface area contributed by atoms with Crippen LogP contribution in [0.5, 0.6) is 0 Å². The van der Waals surface area contributed by atoms with E-state index in [-0.39, 0.29) is 13.2 Å². The van der Waals surface area contributed by atoms with Gasteiger partial charge in [0.1, 0.15) is 6.54 Å². The second kappa shape index (κ2) is 7.21. The summed E-state index contributed by atoms with van der Waals surface area (Å²) >= 11 is 11.8. The second-order valence-corrected chi connectivity index (χ2v) is 4.51. The predicted octanol–water partition coefficient (Wildman–Crippen LogP) is 3.02. The van der Waals surface area contributed by atoms with Gasteiger partial charge in [0.05, 0.1) is 22.3 Å². The van der Waals surface area contributed by atoms with E-state index in [1.54, 1.807) is 25.1 Å². The highest BCUT2D eigenvalue weighted by atomic mass is 35.5. The van der Waals surface area contributed by atoms with Crippen LogP contribution in [0.15, 0.2) is 18.2 Å². The molecule has 0 unspecified atom stereocenters. The van der Waals surface area contributed by atoms with Gasteiger partial charge in [-0.2, -0.15) is 0 Å². The minimum Gasteiger partial charge on any atom is -0.450 e. The number of likely N-dealkylation sites (N-methyl/N-ethyl adjacent to an activating group) is 1. The molecule has 0 saturated carbocycles. The molecular weight excluding hydrogens is 291 g/mol. The molecule has 1 rings (SSSR count). The van der Waals surface area contributed by atoms with Crippen molar-refractivity contribution in [1.82, 2.24) is 4.90 Å². The number of benzene rings is 1. The lowest BCUT2D eigenvalue weighted by Crippen LogP contribution is -2.35. The van der Waals surface area contributed by atoms with E-state index >= 15 is 0 Å². The van der Waals surface area contributed by atoms with Gasteiger partial charge in [0, 0.05) is 7.05 Å². The van der Waals surface area contributed by atoms with E-state index in [1.165, 1.54) is 7.05 Å². The number of hydrogen-bond donors (Lipinski definition) is 1. The van der Waals surface area contributed by atoms with Gasteiger partial charge in [-0.1, -0.05) is 29.3 Å². The van der Waals surface area contributed by atoms with Gasteiger partial charge in [-0.05, 0) is 19.1 Å². The summed E-state index contributed by atoms with van der Waals surface area (Å²) < 4.78 is 4.76. The topological polar surface area (TPSA) is 58.6 Å². The van der Waals surface area contributed by atoms with E-state index in [2.05, 4.69) is 5.32 Å². The fraction of sp³-hybridized carbons (Fsp3) is 0.333. The third kappa shape index (κ3) is 4.61. The maximum absolute atomic E-state index is 11.8. The normalized spacial score (nSPS) is 9.89. The lowest BCUT2D eigenvalue weighted by atomic mass is 10.3. The molecule has 0 heterocycles. The van der Waals surface area contributed by atoms with E-state index < -0.39 is 12.0 Å². The van der Waals surface area contributed by atoms with Crippen LogP contribution >= 0.6 is 23.2 Å². The molecule has 0 aliphatic rings. The summed E-state index contributed by atoms with van der Waals surface area (Å²) in [6.45, 7) is 1.79. The molecule has 0 aliphatic carbocycles. The highest BCUT2D eigenvalue weighted by Gasteiger charge is 2.15. The number of nitrogens with one attached hydrogen (secondary N) is 1. The van der Waals surface area contributed by atoms with Crippen molar-refractivity contribution in [2.45, 2.75) is 6.92 Å². The molecule has 1 N–H and O–H groups in total. The molecule has 2 amide bonds. The first-order chi connectivity index (χ1) is 8.95. The van der Waals surface area contributed by atoms with Crippen molar-refractivity contribution in [2.75, 3.05) is 25.5 Å². The van der Waals surface area contributed by atoms with Crippen molar-refractivity contribution in [3.63, 3.8) is 0 Å². The molecule has 104 valence electrons. The third-order valence-corrected chi connectivity index (χ3v) is 2.82. The molecule has 1 aromatic carbocycles. The monoisotopic (exact) mass is 304 g/mol. The molecule has 0 atom stereocenters. The van der Waals surface area contributed by atoms with E-state index in [1.807, 2.05) is 0 Å². The van der Waals surface area contributed by atoms with E-state index in [4.69, 9.17) is 27.9 Å². The summed E-state index contributed by atoms with van der Waals surface area (Å²) in [4.78, 5) is 24.3. The number of rotatable bonds is 4. The lowest BCUT2D eigenvalue weighted by Gasteiger charge is -2.16. The standard InChI is InChI=1S/C12H14Cl2N2O3/c1-3-19-12(18)16(2)7-10(17)15-11-8(13)5-4-6-9(11)14/h4-6H,3,7H2,1-2H3,(H,15,17). The Hall–Kier alpha value is -1.46. The number of nitrogens with zero attached hydrogens (tertiary/aromatic N) is 1. The summed E-state index contributed by atoms with van der Waals surface area (Å²) in [5.74, 6) is -0.412. The Morgan fingerprint density at radius 3 is 2.42 bits per heavy atom. The molecule has 19 heavy (non-hydrogen) atoms.